The summed E-state index contributed by atoms with van der Waals surface area (Å²) in [6.07, 6.45) is 1.82. The van der Waals surface area contributed by atoms with Crippen molar-refractivity contribution in [3.63, 3.8) is 0 Å². The Bertz CT molecular complexity index is 1980. The van der Waals surface area contributed by atoms with Gasteiger partial charge in [-0.2, -0.15) is 0 Å². The van der Waals surface area contributed by atoms with Crippen molar-refractivity contribution in [1.82, 2.24) is 4.90 Å². The van der Waals surface area contributed by atoms with Crippen LogP contribution in [-0.4, -0.2) is 33.7 Å². The molecule has 1 fully saturated rings. The number of fused-ring (bicyclic) bond motifs is 1. The average molecular weight is 694 g/mol. The first kappa shape index (κ1) is 31.1. The average Bonchev–Trinajstić information content (AvgIpc) is 3.33. The molecule has 1 aliphatic heterocycles. The summed E-state index contributed by atoms with van der Waals surface area (Å²) in [5.74, 6) is -0.0554. The largest absolute Gasteiger partial charge is 0.490 e. The first-order valence-corrected chi connectivity index (χ1v) is 16.2. The number of carbonyl (C=O) groups excluding carboxylic acids is 1. The lowest BCUT2D eigenvalue weighted by molar-refractivity contribution is -0.122. The third kappa shape index (κ3) is 7.17. The molecule has 1 amide bonds. The van der Waals surface area contributed by atoms with Gasteiger partial charge in [0.05, 0.1) is 33.8 Å². The minimum atomic E-state index is -1.00. The molecule has 46 heavy (non-hydrogen) atoms. The van der Waals surface area contributed by atoms with Crippen molar-refractivity contribution < 1.29 is 24.2 Å². The molecule has 0 spiro atoms. The SMILES string of the molecule is CCOc1cc(/C=C2\SC(=Nc3ccccc3)N(Cc3ccc(C(=O)O)cc3)C2=O)cc(Br)c1OCc1ccc2ccccc2c1. The number of carboxylic acid groups (broad SMARTS) is 1. The molecule has 1 heterocycles. The van der Waals surface area contributed by atoms with Crippen LogP contribution < -0.4 is 9.47 Å². The summed E-state index contributed by atoms with van der Waals surface area (Å²) in [5.41, 5.74) is 3.49. The lowest BCUT2D eigenvalue weighted by atomic mass is 10.1. The summed E-state index contributed by atoms with van der Waals surface area (Å²) in [7, 11) is 0. The van der Waals surface area contributed by atoms with E-state index in [0.717, 1.165) is 27.8 Å². The fraction of sp³-hybridized carbons (Fsp3) is 0.108. The zero-order chi connectivity index (χ0) is 32.0. The summed E-state index contributed by atoms with van der Waals surface area (Å²) >= 11 is 4.96. The number of hydrogen-bond donors (Lipinski definition) is 1. The fourth-order valence-electron chi connectivity index (χ4n) is 4.99. The number of amides is 1. The molecule has 0 radical (unpaired) electrons. The van der Waals surface area contributed by atoms with Gasteiger partial charge < -0.3 is 14.6 Å². The van der Waals surface area contributed by atoms with E-state index in [1.807, 2.05) is 67.6 Å². The molecule has 5 aromatic rings. The molecular formula is C37H29BrN2O5S. The molecule has 1 N–H and O–H groups in total. The smallest absolute Gasteiger partial charge is 0.335 e. The molecule has 1 aliphatic rings. The van der Waals surface area contributed by atoms with Crippen LogP contribution in [0.2, 0.25) is 0 Å². The zero-order valence-corrected chi connectivity index (χ0v) is 27.3. The van der Waals surface area contributed by atoms with Gasteiger partial charge in [-0.1, -0.05) is 66.7 Å². The number of carbonyl (C=O) groups is 2. The van der Waals surface area contributed by atoms with Crippen LogP contribution in [0.15, 0.2) is 124 Å². The van der Waals surface area contributed by atoms with Crippen molar-refractivity contribution in [3.8, 4) is 11.5 Å². The van der Waals surface area contributed by atoms with E-state index in [1.165, 1.54) is 29.3 Å². The first-order valence-electron chi connectivity index (χ1n) is 14.6. The van der Waals surface area contributed by atoms with E-state index < -0.39 is 5.97 Å². The Hall–Kier alpha value is -4.86. The van der Waals surface area contributed by atoms with Crippen molar-refractivity contribution in [2.75, 3.05) is 6.61 Å². The number of halogens is 1. The van der Waals surface area contributed by atoms with Crippen molar-refractivity contribution in [1.29, 1.82) is 0 Å². The van der Waals surface area contributed by atoms with Gasteiger partial charge in [-0.05, 0) is 111 Å². The summed E-state index contributed by atoms with van der Waals surface area (Å²) in [4.78, 5) is 32.0. The number of hydrogen-bond acceptors (Lipinski definition) is 6. The maximum atomic E-state index is 13.8. The van der Waals surface area contributed by atoms with E-state index in [2.05, 4.69) is 46.3 Å². The van der Waals surface area contributed by atoms with Crippen molar-refractivity contribution in [3.05, 3.63) is 141 Å². The minimum Gasteiger partial charge on any atom is -0.490 e. The van der Waals surface area contributed by atoms with Crippen molar-refractivity contribution >= 4 is 67.3 Å². The Kier molecular flexibility index (Phi) is 9.51. The zero-order valence-electron chi connectivity index (χ0n) is 24.9. The molecule has 9 heteroatoms. The van der Waals surface area contributed by atoms with Crippen LogP contribution in [0.5, 0.6) is 11.5 Å². The fourth-order valence-corrected chi connectivity index (χ4v) is 6.56. The number of thioether (sulfide) groups is 1. The van der Waals surface area contributed by atoms with Gasteiger partial charge in [-0.25, -0.2) is 9.79 Å². The van der Waals surface area contributed by atoms with Crippen LogP contribution in [-0.2, 0) is 17.9 Å². The molecule has 0 atom stereocenters. The second-order valence-electron chi connectivity index (χ2n) is 10.5. The van der Waals surface area contributed by atoms with E-state index in [0.29, 0.717) is 39.3 Å². The second-order valence-corrected chi connectivity index (χ2v) is 12.3. The molecule has 0 bridgehead atoms. The lowest BCUT2D eigenvalue weighted by Crippen LogP contribution is -2.28. The van der Waals surface area contributed by atoms with E-state index in [1.54, 1.807) is 17.0 Å². The predicted molar refractivity (Wildman–Crippen MR) is 187 cm³/mol. The minimum absolute atomic E-state index is 0.185. The number of benzene rings is 5. The molecule has 1 saturated heterocycles. The molecule has 7 nitrogen and oxygen atoms in total. The number of aromatic carboxylic acids is 1. The summed E-state index contributed by atoms with van der Waals surface area (Å²) in [6, 6.07) is 34.2. The maximum Gasteiger partial charge on any atom is 0.335 e. The molecular weight excluding hydrogens is 664 g/mol. The van der Waals surface area contributed by atoms with Crippen LogP contribution in [0.1, 0.15) is 34.0 Å². The molecule has 0 unspecified atom stereocenters. The van der Waals surface area contributed by atoms with Gasteiger partial charge >= 0.3 is 5.97 Å². The topological polar surface area (TPSA) is 88.4 Å². The number of nitrogens with zero attached hydrogens (tertiary/aromatic N) is 2. The Balaban J connectivity index is 1.28. The Morgan fingerprint density at radius 3 is 2.35 bits per heavy atom. The normalized spacial score (nSPS) is 14.7. The van der Waals surface area contributed by atoms with Crippen LogP contribution in [0, 0.1) is 0 Å². The highest BCUT2D eigenvalue weighted by molar-refractivity contribution is 9.10. The third-order valence-corrected chi connectivity index (χ3v) is 8.83. The summed E-state index contributed by atoms with van der Waals surface area (Å²) in [6.45, 7) is 2.95. The van der Waals surface area contributed by atoms with Gasteiger partial charge in [0.25, 0.3) is 5.91 Å². The highest BCUT2D eigenvalue weighted by Crippen LogP contribution is 2.40. The van der Waals surface area contributed by atoms with Crippen LogP contribution in [0.4, 0.5) is 5.69 Å². The molecule has 230 valence electrons. The number of rotatable bonds is 10. The first-order chi connectivity index (χ1) is 22.4. The third-order valence-electron chi connectivity index (χ3n) is 7.24. The number of aliphatic imine (C=N–C) groups is 1. The van der Waals surface area contributed by atoms with E-state index in [4.69, 9.17) is 14.5 Å². The molecule has 0 aromatic heterocycles. The van der Waals surface area contributed by atoms with Gasteiger partial charge in [0.15, 0.2) is 16.7 Å². The van der Waals surface area contributed by atoms with Crippen LogP contribution in [0.3, 0.4) is 0 Å². The highest BCUT2D eigenvalue weighted by atomic mass is 79.9. The molecule has 5 aromatic carbocycles. The van der Waals surface area contributed by atoms with E-state index in [9.17, 15) is 14.7 Å². The molecule has 0 aliphatic carbocycles. The summed E-state index contributed by atoms with van der Waals surface area (Å²) in [5, 5.41) is 12.1. The predicted octanol–water partition coefficient (Wildman–Crippen LogP) is 9.08. The second kappa shape index (κ2) is 14.1. The standard InChI is InChI=1S/C37H29BrN2O5S/c1-2-44-32-20-26(19-31(38)34(32)45-23-25-14-15-27-8-6-7-9-29(27)18-25)21-33-35(41)40(22-24-12-16-28(17-13-24)36(42)43)37(46-33)39-30-10-4-3-5-11-30/h3-21H,2,22-23H2,1H3,(H,42,43)/b33-21-,39-37?. The van der Waals surface area contributed by atoms with Gasteiger partial charge in [0.2, 0.25) is 0 Å². The number of para-hydroxylation sites is 1. The monoisotopic (exact) mass is 692 g/mol. The molecule has 0 saturated carbocycles. The number of amidine groups is 1. The Morgan fingerprint density at radius 1 is 0.891 bits per heavy atom. The van der Waals surface area contributed by atoms with Gasteiger partial charge in [-0.15, -0.1) is 0 Å². The quantitative estimate of drug-likeness (QED) is 0.147. The lowest BCUT2D eigenvalue weighted by Gasteiger charge is -2.16. The highest BCUT2D eigenvalue weighted by Gasteiger charge is 2.33. The number of ether oxygens (including phenoxy) is 2. The van der Waals surface area contributed by atoms with Gasteiger partial charge in [-0.3, -0.25) is 9.69 Å². The Morgan fingerprint density at radius 2 is 1.61 bits per heavy atom. The van der Waals surface area contributed by atoms with Crippen LogP contribution >= 0.6 is 27.7 Å². The van der Waals surface area contributed by atoms with Gasteiger partial charge in [0.1, 0.15) is 6.61 Å². The van der Waals surface area contributed by atoms with E-state index >= 15 is 0 Å². The van der Waals surface area contributed by atoms with Crippen molar-refractivity contribution in [2.45, 2.75) is 20.1 Å². The van der Waals surface area contributed by atoms with Gasteiger partial charge in [0, 0.05) is 0 Å². The van der Waals surface area contributed by atoms with Crippen LogP contribution in [0.25, 0.3) is 16.8 Å². The summed E-state index contributed by atoms with van der Waals surface area (Å²) < 4.78 is 12.9. The number of carboxylic acids is 1. The van der Waals surface area contributed by atoms with E-state index in [-0.39, 0.29) is 18.0 Å². The molecule has 6 rings (SSSR count). The van der Waals surface area contributed by atoms with Crippen molar-refractivity contribution in [2.24, 2.45) is 4.99 Å². The maximum absolute atomic E-state index is 13.8. The Labute approximate surface area is 279 Å².